The second kappa shape index (κ2) is 31.6. The van der Waals surface area contributed by atoms with Crippen molar-refractivity contribution in [2.24, 2.45) is 0 Å². The van der Waals surface area contributed by atoms with E-state index in [1.54, 1.807) is 0 Å². The summed E-state index contributed by atoms with van der Waals surface area (Å²) in [7, 11) is 0. The van der Waals surface area contributed by atoms with Crippen molar-refractivity contribution in [3.63, 3.8) is 0 Å². The highest BCUT2D eigenvalue weighted by molar-refractivity contribution is 6.24. The van der Waals surface area contributed by atoms with Crippen molar-refractivity contribution in [2.45, 2.75) is 41.5 Å². The van der Waals surface area contributed by atoms with Gasteiger partial charge in [0, 0.05) is 84.1 Å². The number of fused-ring (bicyclic) bond motifs is 10. The number of nitrogens with zero attached hydrogens (tertiary/aromatic N) is 5. The molecule has 5 nitrogen and oxygen atoms in total. The summed E-state index contributed by atoms with van der Waals surface area (Å²) in [5.74, 6) is 0. The Morgan fingerprint density at radius 2 is 0.431 bits per heavy atom. The van der Waals surface area contributed by atoms with Gasteiger partial charge in [-0.15, -0.1) is 0 Å². The molecule has 0 saturated heterocycles. The molecule has 586 valence electrons. The quantitative estimate of drug-likeness (QED) is 0.0954. The minimum absolute atomic E-state index is 1.09. The molecule has 0 N–H and O–H groups in total. The number of rotatable bonds is 15. The lowest BCUT2D eigenvalue weighted by Gasteiger charge is -2.26. The van der Waals surface area contributed by atoms with Gasteiger partial charge in [0.25, 0.3) is 0 Å². The van der Waals surface area contributed by atoms with Gasteiger partial charge in [-0.2, -0.15) is 0 Å². The largest absolute Gasteiger partial charge is 0.310 e. The van der Waals surface area contributed by atoms with Gasteiger partial charge in [-0.1, -0.05) is 273 Å². The first-order valence-electron chi connectivity index (χ1n) is 42.6. The minimum atomic E-state index is 1.09. The summed E-state index contributed by atoms with van der Waals surface area (Å²) in [6, 6.07) is 157. The summed E-state index contributed by atoms with van der Waals surface area (Å²) in [5.41, 5.74) is 34.8. The lowest BCUT2D eigenvalue weighted by molar-refractivity contribution is 1.14. The van der Waals surface area contributed by atoms with Crippen LogP contribution >= 0.6 is 0 Å². The van der Waals surface area contributed by atoms with Gasteiger partial charge >= 0.3 is 0 Å². The fraction of sp³-hybridized carbons (Fsp3) is 0.0508. The highest BCUT2D eigenvalue weighted by Gasteiger charge is 2.26. The van der Waals surface area contributed by atoms with Crippen LogP contribution in [0.25, 0.3) is 143 Å². The van der Waals surface area contributed by atoms with Gasteiger partial charge in [-0.25, -0.2) is 0 Å². The Bertz CT molecular complexity index is 7370. The SMILES string of the molecule is Cc1cc(-n2c3ccccc3c3cc(N(c4ccccc4)c4ccccc4)ccc32)c(C)cc1-c1c2ccccc2c(-c2ccccc2)c2ccccc12.Cc1cc2c(-c3ccccc3)c3cc(C)c(C)cc3c(-c3ccc(-n4c5ccc(N(c6ccccc6)c6ccccc6)cc5c5cc(N(c6ccccc6)c6ccccc6)ccc54)cc3)c2cc1C. The van der Waals surface area contributed by atoms with Crippen molar-refractivity contribution in [1.82, 2.24) is 9.13 Å². The van der Waals surface area contributed by atoms with Gasteiger partial charge in [-0.3, -0.25) is 0 Å². The predicted molar refractivity (Wildman–Crippen MR) is 526 cm³/mol. The van der Waals surface area contributed by atoms with E-state index in [0.29, 0.717) is 0 Å². The molecule has 0 spiro atoms. The first-order chi connectivity index (χ1) is 60.5. The molecule has 0 radical (unpaired) electrons. The molecule has 5 heteroatoms. The molecule has 0 aliphatic carbocycles. The zero-order valence-corrected chi connectivity index (χ0v) is 69.7. The van der Waals surface area contributed by atoms with E-state index in [1.165, 1.54) is 159 Å². The number of benzene rings is 20. The van der Waals surface area contributed by atoms with Gasteiger partial charge in [0.15, 0.2) is 0 Å². The normalized spacial score (nSPS) is 11.5. The molecule has 0 aliphatic heterocycles. The maximum absolute atomic E-state index is 2.46. The van der Waals surface area contributed by atoms with Crippen molar-refractivity contribution >= 4 is 138 Å². The molecular formula is C118H89N5. The third-order valence-corrected chi connectivity index (χ3v) is 25.1. The summed E-state index contributed by atoms with van der Waals surface area (Å²) in [6.45, 7) is 13.5. The highest BCUT2D eigenvalue weighted by atomic mass is 15.2. The van der Waals surface area contributed by atoms with Gasteiger partial charge in [0.1, 0.15) is 0 Å². The number of aryl methyl sites for hydroxylation is 6. The number of hydrogen-bond donors (Lipinski definition) is 0. The van der Waals surface area contributed by atoms with Crippen LogP contribution in [0, 0.1) is 41.5 Å². The second-order valence-corrected chi connectivity index (χ2v) is 32.6. The Morgan fingerprint density at radius 3 is 0.780 bits per heavy atom. The highest BCUT2D eigenvalue weighted by Crippen LogP contribution is 2.51. The lowest BCUT2D eigenvalue weighted by Crippen LogP contribution is -2.09. The van der Waals surface area contributed by atoms with E-state index in [4.69, 9.17) is 0 Å². The van der Waals surface area contributed by atoms with Gasteiger partial charge in [0.2, 0.25) is 0 Å². The Morgan fingerprint density at radius 1 is 0.163 bits per heavy atom. The van der Waals surface area contributed by atoms with Gasteiger partial charge in [-0.05, 0) is 320 Å². The molecule has 0 saturated carbocycles. The summed E-state index contributed by atoms with van der Waals surface area (Å²) >= 11 is 0. The minimum Gasteiger partial charge on any atom is -0.310 e. The van der Waals surface area contributed by atoms with Crippen LogP contribution in [0.15, 0.2) is 431 Å². The third-order valence-electron chi connectivity index (χ3n) is 25.1. The number of aromatic nitrogens is 2. The van der Waals surface area contributed by atoms with Crippen molar-refractivity contribution in [2.75, 3.05) is 14.7 Å². The monoisotopic (exact) mass is 1580 g/mol. The van der Waals surface area contributed by atoms with E-state index in [1.807, 2.05) is 0 Å². The molecule has 0 fully saturated rings. The van der Waals surface area contributed by atoms with Gasteiger partial charge < -0.3 is 23.8 Å². The molecule has 0 atom stereocenters. The average molecular weight is 1580 g/mol. The van der Waals surface area contributed by atoms with E-state index in [9.17, 15) is 0 Å². The Labute approximate surface area is 718 Å². The first-order valence-corrected chi connectivity index (χ1v) is 42.6. The summed E-state index contributed by atoms with van der Waals surface area (Å²) in [4.78, 5) is 7.05. The Hall–Kier alpha value is -15.6. The molecule has 0 aliphatic rings. The molecule has 123 heavy (non-hydrogen) atoms. The smallest absolute Gasteiger partial charge is 0.0542 e. The fourth-order valence-corrected chi connectivity index (χ4v) is 19.1. The van der Waals surface area contributed by atoms with Gasteiger partial charge in [0.05, 0.1) is 22.1 Å². The Kier molecular flexibility index (Phi) is 19.3. The molecule has 0 bridgehead atoms. The van der Waals surface area contributed by atoms with E-state index < -0.39 is 0 Å². The molecule has 22 aromatic rings. The second-order valence-electron chi connectivity index (χ2n) is 32.6. The van der Waals surface area contributed by atoms with Crippen molar-refractivity contribution in [3.8, 4) is 55.9 Å². The average Bonchev–Trinajstić information content (AvgIpc) is 1.49. The van der Waals surface area contributed by atoms with Crippen LogP contribution in [0.4, 0.5) is 51.2 Å². The zero-order valence-electron chi connectivity index (χ0n) is 69.7. The van der Waals surface area contributed by atoms with Crippen molar-refractivity contribution < 1.29 is 0 Å². The zero-order chi connectivity index (χ0) is 82.8. The number of hydrogen-bond acceptors (Lipinski definition) is 3. The lowest BCUT2D eigenvalue weighted by atomic mass is 9.83. The predicted octanol–water partition coefficient (Wildman–Crippen LogP) is 33.1. The van der Waals surface area contributed by atoms with E-state index in [0.717, 1.165) is 67.9 Å². The van der Waals surface area contributed by atoms with E-state index >= 15 is 0 Å². The summed E-state index contributed by atoms with van der Waals surface area (Å²) in [5, 5.41) is 15.1. The van der Waals surface area contributed by atoms with Crippen LogP contribution in [-0.4, -0.2) is 9.13 Å². The molecule has 20 aromatic carbocycles. The summed E-state index contributed by atoms with van der Waals surface area (Å²) < 4.78 is 4.91. The van der Waals surface area contributed by atoms with Crippen LogP contribution in [0.5, 0.6) is 0 Å². The van der Waals surface area contributed by atoms with Crippen LogP contribution < -0.4 is 14.7 Å². The topological polar surface area (TPSA) is 19.6 Å². The van der Waals surface area contributed by atoms with Crippen LogP contribution in [0.2, 0.25) is 0 Å². The number of anilines is 9. The standard InChI is InChI=1S/C66H51N3.C52H38N2/c1-44-38-59-61(40-46(44)3)66(62-41-47(4)45(2)39-60(62)65(59)48-20-10-5-11-21-48)49-30-32-54(33-31-49)69-63-36-34-55(67(50-22-12-6-13-23-50)51-24-14-7-15-25-51)42-57(63)58-43-56(35-37-64(58)69)68(52-26-16-8-17-27-52)53-28-18-9-19-29-53;1-35-33-50(36(2)32-46(35)52-44-27-14-12-25-42(44)51(37-18-6-3-7-19-37)43-26-13-15-28-45(43)52)54-48-29-17-16-24-41(48)47-34-40(30-31-49(47)54)53(38-20-8-4-9-21-38)39-22-10-5-11-23-39/h5-43H,1-4H3;3-34H,1-2H3. The van der Waals surface area contributed by atoms with Crippen LogP contribution in [0.1, 0.15) is 33.4 Å². The Balaban J connectivity index is 0.000000156. The van der Waals surface area contributed by atoms with E-state index in [2.05, 4.69) is 496 Å². The maximum atomic E-state index is 2.46. The van der Waals surface area contributed by atoms with Crippen molar-refractivity contribution in [1.29, 1.82) is 0 Å². The fourth-order valence-electron chi connectivity index (χ4n) is 19.1. The maximum Gasteiger partial charge on any atom is 0.0542 e. The molecule has 22 rings (SSSR count). The van der Waals surface area contributed by atoms with Crippen LogP contribution in [0.3, 0.4) is 0 Å². The molecule has 2 aromatic heterocycles. The molecular weight excluding hydrogens is 1490 g/mol. The molecule has 0 unspecified atom stereocenters. The molecule has 2 heterocycles. The van der Waals surface area contributed by atoms with Crippen molar-refractivity contribution in [3.05, 3.63) is 464 Å². The first kappa shape index (κ1) is 74.9. The van der Waals surface area contributed by atoms with E-state index in [-0.39, 0.29) is 0 Å². The molecule has 0 amide bonds. The summed E-state index contributed by atoms with van der Waals surface area (Å²) in [6.07, 6.45) is 0. The third kappa shape index (κ3) is 13.4. The van der Waals surface area contributed by atoms with Crippen LogP contribution in [-0.2, 0) is 0 Å². The number of para-hydroxylation sites is 7.